The van der Waals surface area contributed by atoms with Crippen LogP contribution in [0.1, 0.15) is 47.5 Å². The zero-order valence-electron chi connectivity index (χ0n) is 18.0. The van der Waals surface area contributed by atoms with Crippen molar-refractivity contribution in [1.82, 2.24) is 0 Å². The molecule has 7 nitrogen and oxygen atoms in total. The van der Waals surface area contributed by atoms with Crippen LogP contribution in [0.3, 0.4) is 0 Å². The number of rotatable bonds is 7. The number of nitrogens with one attached hydrogen (secondary N) is 1. The molecule has 1 saturated carbocycles. The maximum absolute atomic E-state index is 12.9. The predicted molar refractivity (Wildman–Crippen MR) is 116 cm³/mol. The molecule has 34 heavy (non-hydrogen) atoms. The van der Waals surface area contributed by atoms with Gasteiger partial charge in [-0.05, 0) is 54.7 Å². The highest BCUT2D eigenvalue weighted by Crippen LogP contribution is 2.50. The zero-order valence-corrected chi connectivity index (χ0v) is 18.0. The van der Waals surface area contributed by atoms with Crippen LogP contribution in [0.5, 0.6) is 5.75 Å². The Bertz CT molecular complexity index is 1120. The predicted octanol–water partition coefficient (Wildman–Crippen LogP) is 3.89. The normalized spacial score (nSPS) is 23.1. The summed E-state index contributed by atoms with van der Waals surface area (Å²) in [5.74, 6) is -4.82. The first-order chi connectivity index (χ1) is 16.0. The van der Waals surface area contributed by atoms with E-state index in [1.807, 2.05) is 12.1 Å². The highest BCUT2D eigenvalue weighted by Gasteiger charge is 2.53. The van der Waals surface area contributed by atoms with Crippen molar-refractivity contribution in [1.29, 1.82) is 0 Å². The second-order valence-electron chi connectivity index (χ2n) is 8.76. The van der Waals surface area contributed by atoms with Crippen molar-refractivity contribution in [3.05, 3.63) is 59.7 Å². The van der Waals surface area contributed by atoms with Crippen LogP contribution in [0, 0.1) is 5.92 Å². The summed E-state index contributed by atoms with van der Waals surface area (Å²) >= 11 is 0. The Kier molecular flexibility index (Phi) is 6.11. The molecule has 4 N–H and O–H groups in total. The molecule has 2 aromatic carbocycles. The molecule has 10 heteroatoms. The molecule has 0 bridgehead atoms. The van der Waals surface area contributed by atoms with Gasteiger partial charge >= 0.3 is 12.3 Å². The van der Waals surface area contributed by atoms with Gasteiger partial charge in [0.15, 0.2) is 0 Å². The lowest BCUT2D eigenvalue weighted by atomic mass is 9.66. The van der Waals surface area contributed by atoms with Gasteiger partial charge in [-0.25, -0.2) is 0 Å². The molecular formula is C24H23F3N2O5. The van der Waals surface area contributed by atoms with E-state index in [1.54, 1.807) is 12.1 Å². The van der Waals surface area contributed by atoms with Crippen LogP contribution >= 0.6 is 0 Å². The number of alkyl halides is 3. The van der Waals surface area contributed by atoms with E-state index < -0.39 is 47.5 Å². The minimum Gasteiger partial charge on any atom is -0.480 e. The molecule has 0 radical (unpaired) electrons. The van der Waals surface area contributed by atoms with Crippen molar-refractivity contribution in [3.8, 4) is 5.75 Å². The van der Waals surface area contributed by atoms with E-state index in [1.165, 1.54) is 0 Å². The second-order valence-corrected chi connectivity index (χ2v) is 8.76. The molecule has 0 aromatic heterocycles. The number of benzene rings is 2. The Labute approximate surface area is 193 Å². The van der Waals surface area contributed by atoms with Crippen molar-refractivity contribution in [2.75, 3.05) is 5.32 Å². The standard InChI is InChI=1S/C24H23F3N2O5/c25-24(26,27)34-14-10-8-13(9-11-14)21(31)19(30)12-23(28,22(32)33)20-15-4-1-2-6-17(15)29-18-7-3-5-16(18)20/h1-2,4,6,8-11,16,18,20,29H,3,5,7,12,28H2,(H,32,33). The van der Waals surface area contributed by atoms with Gasteiger partial charge in [-0.1, -0.05) is 24.6 Å². The highest BCUT2D eigenvalue weighted by molar-refractivity contribution is 6.44. The van der Waals surface area contributed by atoms with Crippen LogP contribution in [-0.4, -0.2) is 40.6 Å². The molecule has 4 rings (SSSR count). The van der Waals surface area contributed by atoms with Crippen molar-refractivity contribution >= 4 is 23.2 Å². The number of carbonyl (C=O) groups is 3. The second kappa shape index (κ2) is 8.75. The van der Waals surface area contributed by atoms with Gasteiger partial charge in [-0.3, -0.25) is 14.4 Å². The number of Topliss-reactive ketones (excluding diaryl/α,β-unsaturated/α-hetero) is 2. The molecule has 4 unspecified atom stereocenters. The average Bonchev–Trinajstić information content (AvgIpc) is 3.24. The van der Waals surface area contributed by atoms with E-state index in [4.69, 9.17) is 5.73 Å². The van der Waals surface area contributed by atoms with E-state index in [9.17, 15) is 32.7 Å². The van der Waals surface area contributed by atoms with Crippen LogP contribution in [0.15, 0.2) is 48.5 Å². The van der Waals surface area contributed by atoms with Crippen molar-refractivity contribution in [3.63, 3.8) is 0 Å². The minimum atomic E-state index is -4.90. The number of ether oxygens (including phenoxy) is 1. The van der Waals surface area contributed by atoms with Crippen molar-refractivity contribution < 1.29 is 37.4 Å². The summed E-state index contributed by atoms with van der Waals surface area (Å²) in [6, 6.07) is 11.1. The summed E-state index contributed by atoms with van der Waals surface area (Å²) < 4.78 is 40.8. The largest absolute Gasteiger partial charge is 0.573 e. The Morgan fingerprint density at radius 1 is 1.06 bits per heavy atom. The third-order valence-electron chi connectivity index (χ3n) is 6.64. The number of ketones is 2. The first-order valence-electron chi connectivity index (χ1n) is 10.8. The molecular weight excluding hydrogens is 453 g/mol. The number of hydrogen-bond donors (Lipinski definition) is 3. The molecule has 4 atom stereocenters. The van der Waals surface area contributed by atoms with Crippen molar-refractivity contribution in [2.45, 2.75) is 49.5 Å². The number of fused-ring (bicyclic) bond motifs is 2. The van der Waals surface area contributed by atoms with Crippen LogP contribution < -0.4 is 15.8 Å². The summed E-state index contributed by atoms with van der Waals surface area (Å²) in [4.78, 5) is 38.1. The fourth-order valence-corrected chi connectivity index (χ4v) is 5.19. The van der Waals surface area contributed by atoms with Crippen LogP contribution in [0.25, 0.3) is 0 Å². The monoisotopic (exact) mass is 476 g/mol. The van der Waals surface area contributed by atoms with Crippen LogP contribution in [0.4, 0.5) is 18.9 Å². The van der Waals surface area contributed by atoms with Gasteiger partial charge in [0, 0.05) is 29.6 Å². The first kappa shape index (κ1) is 23.7. The molecule has 0 saturated heterocycles. The van der Waals surface area contributed by atoms with Gasteiger partial charge in [0.05, 0.1) is 0 Å². The maximum Gasteiger partial charge on any atom is 0.573 e. The van der Waals surface area contributed by atoms with Gasteiger partial charge in [-0.15, -0.1) is 13.2 Å². The van der Waals surface area contributed by atoms with Crippen molar-refractivity contribution in [2.24, 2.45) is 11.7 Å². The number of carboxylic acids is 1. The summed E-state index contributed by atoms with van der Waals surface area (Å²) in [5, 5.41) is 13.6. The lowest BCUT2D eigenvalue weighted by Crippen LogP contribution is -2.59. The number of para-hydroxylation sites is 1. The Balaban J connectivity index is 1.61. The summed E-state index contributed by atoms with van der Waals surface area (Å²) in [6.07, 6.45) is -3.20. The zero-order chi connectivity index (χ0) is 24.7. The number of hydrogen-bond acceptors (Lipinski definition) is 6. The molecule has 1 heterocycles. The lowest BCUT2D eigenvalue weighted by Gasteiger charge is -2.44. The first-order valence-corrected chi connectivity index (χ1v) is 10.8. The Hall–Kier alpha value is -3.40. The quantitative estimate of drug-likeness (QED) is 0.410. The molecule has 180 valence electrons. The molecule has 2 aromatic rings. The van der Waals surface area contributed by atoms with Crippen LogP contribution in [-0.2, 0) is 9.59 Å². The van der Waals surface area contributed by atoms with E-state index >= 15 is 0 Å². The number of carbonyl (C=O) groups excluding carboxylic acids is 2. The van der Waals surface area contributed by atoms with Gasteiger partial charge in [0.2, 0.25) is 11.6 Å². The van der Waals surface area contributed by atoms with E-state index in [2.05, 4.69) is 10.1 Å². The topological polar surface area (TPSA) is 119 Å². The molecule has 1 fully saturated rings. The molecule has 1 aliphatic carbocycles. The van der Waals surface area contributed by atoms with E-state index in [0.717, 1.165) is 49.2 Å². The fourth-order valence-electron chi connectivity index (χ4n) is 5.19. The number of carboxylic acid groups (broad SMARTS) is 1. The smallest absolute Gasteiger partial charge is 0.480 e. The minimum absolute atomic E-state index is 0.00848. The van der Waals surface area contributed by atoms with Crippen LogP contribution in [0.2, 0.25) is 0 Å². The average molecular weight is 476 g/mol. The Morgan fingerprint density at radius 2 is 1.74 bits per heavy atom. The van der Waals surface area contributed by atoms with E-state index in [-0.39, 0.29) is 17.5 Å². The number of nitrogens with two attached hydrogens (primary N) is 1. The SMILES string of the molecule is NC(CC(=O)C(=O)c1ccc(OC(F)(F)F)cc1)(C(=O)O)C1c2ccccc2NC2CCCC21. The third kappa shape index (κ3) is 4.50. The Morgan fingerprint density at radius 3 is 2.38 bits per heavy atom. The fraction of sp³-hybridized carbons (Fsp3) is 0.375. The lowest BCUT2D eigenvalue weighted by molar-refractivity contribution is -0.274. The van der Waals surface area contributed by atoms with Gasteiger partial charge < -0.3 is 20.9 Å². The molecule has 1 aliphatic heterocycles. The molecule has 0 amide bonds. The number of halogens is 3. The number of aliphatic carboxylic acids is 1. The molecule has 0 spiro atoms. The van der Waals surface area contributed by atoms with Gasteiger partial charge in [0.25, 0.3) is 0 Å². The molecule has 2 aliphatic rings. The third-order valence-corrected chi connectivity index (χ3v) is 6.64. The van der Waals surface area contributed by atoms with Gasteiger partial charge in [-0.2, -0.15) is 0 Å². The van der Waals surface area contributed by atoms with E-state index in [0.29, 0.717) is 5.56 Å². The summed E-state index contributed by atoms with van der Waals surface area (Å²) in [7, 11) is 0. The van der Waals surface area contributed by atoms with Gasteiger partial charge in [0.1, 0.15) is 11.3 Å². The summed E-state index contributed by atoms with van der Waals surface area (Å²) in [5.41, 5.74) is 5.66. The summed E-state index contributed by atoms with van der Waals surface area (Å²) in [6.45, 7) is 0. The maximum atomic E-state index is 12.9. The highest BCUT2D eigenvalue weighted by atomic mass is 19.4. The number of anilines is 1.